The van der Waals surface area contributed by atoms with Gasteiger partial charge in [0.05, 0.1) is 0 Å². The molecule has 0 bridgehead atoms. The van der Waals surface area contributed by atoms with E-state index in [1.54, 1.807) is 0 Å². The summed E-state index contributed by atoms with van der Waals surface area (Å²) in [6, 6.07) is 0. The number of nitrogens with zero attached hydrogens (tertiary/aromatic N) is 1. The first-order chi connectivity index (χ1) is 5.11. The third-order valence-electron chi connectivity index (χ3n) is 1.67. The Morgan fingerprint density at radius 1 is 1.55 bits per heavy atom. The van der Waals surface area contributed by atoms with Crippen molar-refractivity contribution in [3.8, 4) is 0 Å². The van der Waals surface area contributed by atoms with E-state index in [1.807, 2.05) is 6.92 Å². The zero-order valence-electron chi connectivity index (χ0n) is 7.85. The number of hydrogen-bond acceptors (Lipinski definition) is 2. The van der Waals surface area contributed by atoms with Crippen molar-refractivity contribution < 1.29 is 0 Å². The molecule has 0 aromatic rings. The molecular formula is C8H17NSSi. The van der Waals surface area contributed by atoms with Gasteiger partial charge in [-0.15, -0.1) is 0 Å². The monoisotopic (exact) mass is 187 g/mol. The first kappa shape index (κ1) is 10.8. The number of hydrogen-bond donors (Lipinski definition) is 0. The van der Waals surface area contributed by atoms with Gasteiger partial charge in [-0.2, -0.15) is 0 Å². The van der Waals surface area contributed by atoms with Crippen molar-refractivity contribution in [3.05, 3.63) is 11.8 Å². The van der Waals surface area contributed by atoms with E-state index in [-0.39, 0.29) is 0 Å². The molecule has 0 heterocycles. The van der Waals surface area contributed by atoms with Crippen LogP contribution in [0.4, 0.5) is 0 Å². The number of thiocarbonyl (C=S) groups is 1. The van der Waals surface area contributed by atoms with Crippen LogP contribution in [0.5, 0.6) is 0 Å². The van der Waals surface area contributed by atoms with Crippen LogP contribution in [0, 0.1) is 0 Å². The maximum Gasteiger partial charge on any atom is 0.0271 e. The van der Waals surface area contributed by atoms with Crippen LogP contribution in [0.1, 0.15) is 20.8 Å². The van der Waals surface area contributed by atoms with Crippen LogP contribution in [0.3, 0.4) is 0 Å². The summed E-state index contributed by atoms with van der Waals surface area (Å²) < 4.78 is 0. The van der Waals surface area contributed by atoms with Crippen LogP contribution in [0.15, 0.2) is 11.8 Å². The van der Waals surface area contributed by atoms with Gasteiger partial charge in [-0.05, 0) is 26.8 Å². The van der Waals surface area contributed by atoms with Crippen LogP contribution >= 0.6 is 12.2 Å². The van der Waals surface area contributed by atoms with Gasteiger partial charge >= 0.3 is 0 Å². The van der Waals surface area contributed by atoms with E-state index >= 15 is 0 Å². The highest BCUT2D eigenvalue weighted by Gasteiger charge is 1.97. The van der Waals surface area contributed by atoms with E-state index in [9.17, 15) is 0 Å². The summed E-state index contributed by atoms with van der Waals surface area (Å²) in [7, 11) is 1.22. The lowest BCUT2D eigenvalue weighted by Gasteiger charge is -2.21. The van der Waals surface area contributed by atoms with Gasteiger partial charge in [0, 0.05) is 33.5 Å². The third kappa shape index (κ3) is 4.32. The summed E-state index contributed by atoms with van der Waals surface area (Å²) in [6.07, 6.45) is 3.26. The predicted molar refractivity (Wildman–Crippen MR) is 59.2 cm³/mol. The topological polar surface area (TPSA) is 3.24 Å². The Morgan fingerprint density at radius 3 is 2.36 bits per heavy atom. The zero-order valence-corrected chi connectivity index (χ0v) is 10.7. The molecule has 1 nitrogen and oxygen atoms in total. The van der Waals surface area contributed by atoms with Crippen molar-refractivity contribution in [1.29, 1.82) is 0 Å². The molecule has 0 aromatic carbocycles. The molecule has 11 heavy (non-hydrogen) atoms. The summed E-state index contributed by atoms with van der Waals surface area (Å²) in [4.78, 5) is 3.32. The SMILES string of the molecule is CCN(C[SiH3])/C(C)=C\C(C)=S. The summed E-state index contributed by atoms with van der Waals surface area (Å²) in [6.45, 7) is 7.35. The molecule has 0 aliphatic carbocycles. The molecule has 0 aliphatic heterocycles. The van der Waals surface area contributed by atoms with Crippen molar-refractivity contribution in [1.82, 2.24) is 4.90 Å². The highest BCUT2D eigenvalue weighted by atomic mass is 32.1. The summed E-state index contributed by atoms with van der Waals surface area (Å²) in [5.74, 6) is 0. The van der Waals surface area contributed by atoms with E-state index in [4.69, 9.17) is 12.2 Å². The van der Waals surface area contributed by atoms with E-state index in [0.717, 1.165) is 11.4 Å². The molecule has 0 spiro atoms. The molecule has 0 saturated carbocycles. The minimum atomic E-state index is 0.969. The summed E-state index contributed by atoms with van der Waals surface area (Å²) in [5.41, 5.74) is 1.30. The predicted octanol–water partition coefficient (Wildman–Crippen LogP) is 0.925. The lowest BCUT2D eigenvalue weighted by atomic mass is 10.3. The molecule has 0 rings (SSSR count). The van der Waals surface area contributed by atoms with E-state index in [2.05, 4.69) is 24.8 Å². The van der Waals surface area contributed by atoms with Gasteiger partial charge in [0.1, 0.15) is 0 Å². The Bertz CT molecular complexity index is 161. The minimum Gasteiger partial charge on any atom is -0.379 e. The lowest BCUT2D eigenvalue weighted by molar-refractivity contribution is 0.423. The average molecular weight is 187 g/mol. The van der Waals surface area contributed by atoms with Gasteiger partial charge in [0.25, 0.3) is 0 Å². The van der Waals surface area contributed by atoms with Crippen LogP contribution in [0.2, 0.25) is 0 Å². The molecule has 0 radical (unpaired) electrons. The van der Waals surface area contributed by atoms with Crippen molar-refractivity contribution in [3.63, 3.8) is 0 Å². The van der Waals surface area contributed by atoms with Crippen molar-refractivity contribution >= 4 is 27.3 Å². The minimum absolute atomic E-state index is 0.969. The third-order valence-corrected chi connectivity index (χ3v) is 2.56. The van der Waals surface area contributed by atoms with Gasteiger partial charge in [-0.3, -0.25) is 0 Å². The van der Waals surface area contributed by atoms with E-state index in [1.165, 1.54) is 22.1 Å². The maximum atomic E-state index is 5.00. The first-order valence-corrected chi connectivity index (χ1v) is 5.87. The maximum absolute atomic E-state index is 5.00. The fraction of sp³-hybridized carbons (Fsp3) is 0.625. The smallest absolute Gasteiger partial charge is 0.0271 e. The van der Waals surface area contributed by atoms with E-state index < -0.39 is 0 Å². The fourth-order valence-corrected chi connectivity index (χ4v) is 2.22. The van der Waals surface area contributed by atoms with Crippen molar-refractivity contribution in [2.24, 2.45) is 0 Å². The van der Waals surface area contributed by atoms with Gasteiger partial charge in [0.2, 0.25) is 0 Å². The quantitative estimate of drug-likeness (QED) is 0.366. The standard InChI is InChI=1S/C8H17NSSi/c1-4-9(6-11)7(2)5-8(3)10/h5H,4,6H2,1-3,11H3/b7-5-. The van der Waals surface area contributed by atoms with Crippen molar-refractivity contribution in [2.45, 2.75) is 20.8 Å². The average Bonchev–Trinajstić information content (AvgIpc) is 1.88. The normalized spacial score (nSPS) is 11.7. The van der Waals surface area contributed by atoms with Gasteiger partial charge in [-0.1, -0.05) is 12.2 Å². The second-order valence-corrected chi connectivity index (χ2v) is 3.85. The highest BCUT2D eigenvalue weighted by Crippen LogP contribution is 2.01. The second-order valence-electron chi connectivity index (χ2n) is 2.57. The van der Waals surface area contributed by atoms with E-state index in [0.29, 0.717) is 0 Å². The highest BCUT2D eigenvalue weighted by molar-refractivity contribution is 7.80. The summed E-state index contributed by atoms with van der Waals surface area (Å²) >= 11 is 5.00. The Kier molecular flexibility index (Phi) is 5.41. The lowest BCUT2D eigenvalue weighted by Crippen LogP contribution is -2.22. The Morgan fingerprint density at radius 2 is 2.09 bits per heavy atom. The number of allylic oxidation sites excluding steroid dienone is 2. The summed E-state index contributed by atoms with van der Waals surface area (Å²) in [5, 5.41) is 0. The zero-order chi connectivity index (χ0) is 8.85. The van der Waals surface area contributed by atoms with Crippen LogP contribution < -0.4 is 0 Å². The molecule has 0 fully saturated rings. The first-order valence-electron chi connectivity index (χ1n) is 4.05. The molecule has 0 saturated heterocycles. The van der Waals surface area contributed by atoms with Gasteiger partial charge in [0.15, 0.2) is 0 Å². The van der Waals surface area contributed by atoms with Crippen LogP contribution in [-0.2, 0) is 0 Å². The van der Waals surface area contributed by atoms with Gasteiger partial charge in [-0.25, -0.2) is 0 Å². The largest absolute Gasteiger partial charge is 0.379 e. The molecule has 64 valence electrons. The Balaban J connectivity index is 4.18. The molecule has 0 aromatic heterocycles. The van der Waals surface area contributed by atoms with Crippen LogP contribution in [0.25, 0.3) is 0 Å². The van der Waals surface area contributed by atoms with Crippen LogP contribution in [-0.4, -0.2) is 32.7 Å². The number of rotatable bonds is 4. The molecule has 0 unspecified atom stereocenters. The molecule has 0 atom stereocenters. The molecule has 0 amide bonds. The molecule has 0 aliphatic rings. The molecular weight excluding hydrogens is 170 g/mol. The van der Waals surface area contributed by atoms with Gasteiger partial charge < -0.3 is 4.90 Å². The fourth-order valence-electron chi connectivity index (χ4n) is 1.11. The Hall–Kier alpha value is -0.153. The molecule has 3 heteroatoms. The molecule has 0 N–H and O–H groups in total. The van der Waals surface area contributed by atoms with Crippen molar-refractivity contribution in [2.75, 3.05) is 12.7 Å². The second kappa shape index (κ2) is 5.49. The Labute approximate surface area is 77.9 Å².